The van der Waals surface area contributed by atoms with Gasteiger partial charge < -0.3 is 15.0 Å². The van der Waals surface area contributed by atoms with E-state index in [2.05, 4.69) is 21.2 Å². The van der Waals surface area contributed by atoms with E-state index >= 15 is 0 Å². The standard InChI is InChI=1S/C25H32BrClN2O3/c1-6-22(25(31)28-13-16(2)3)29(14-19-9-7-8-10-21(19)27)23(30)15-32-20-11-17(4)24(26)18(5)12-20/h7-12,16,22H,6,13-15H2,1-5H3,(H,28,31)/t22-/m0/s1. The molecule has 7 heteroatoms. The highest BCUT2D eigenvalue weighted by Gasteiger charge is 2.29. The number of carbonyl (C=O) groups excluding carboxylic acids is 2. The minimum Gasteiger partial charge on any atom is -0.484 e. The molecule has 0 radical (unpaired) electrons. The van der Waals surface area contributed by atoms with Crippen LogP contribution in [0.3, 0.4) is 0 Å². The molecule has 1 atom stereocenters. The largest absolute Gasteiger partial charge is 0.484 e. The Morgan fingerprint density at radius 3 is 2.34 bits per heavy atom. The Morgan fingerprint density at radius 2 is 1.78 bits per heavy atom. The molecule has 174 valence electrons. The van der Waals surface area contributed by atoms with Gasteiger partial charge in [0.25, 0.3) is 5.91 Å². The quantitative estimate of drug-likeness (QED) is 0.436. The van der Waals surface area contributed by atoms with E-state index in [9.17, 15) is 9.59 Å². The summed E-state index contributed by atoms with van der Waals surface area (Å²) in [6.07, 6.45) is 0.483. The summed E-state index contributed by atoms with van der Waals surface area (Å²) in [5.41, 5.74) is 2.84. The third kappa shape index (κ3) is 7.24. The summed E-state index contributed by atoms with van der Waals surface area (Å²) in [6, 6.07) is 10.5. The predicted molar refractivity (Wildman–Crippen MR) is 133 cm³/mol. The Labute approximate surface area is 204 Å². The Kier molecular flexibility index (Phi) is 10.0. The molecule has 0 bridgehead atoms. The van der Waals surface area contributed by atoms with Gasteiger partial charge in [-0.1, -0.05) is 66.5 Å². The molecule has 2 aromatic rings. The minimum absolute atomic E-state index is 0.168. The third-order valence-electron chi connectivity index (χ3n) is 5.14. The van der Waals surface area contributed by atoms with Crippen molar-refractivity contribution in [2.75, 3.05) is 13.2 Å². The molecule has 0 saturated heterocycles. The Hall–Kier alpha value is -2.05. The van der Waals surface area contributed by atoms with Gasteiger partial charge in [0.1, 0.15) is 11.8 Å². The van der Waals surface area contributed by atoms with E-state index in [1.54, 1.807) is 11.0 Å². The van der Waals surface area contributed by atoms with E-state index < -0.39 is 6.04 Å². The first-order valence-corrected chi connectivity index (χ1v) is 12.0. The zero-order valence-corrected chi connectivity index (χ0v) is 21.7. The second kappa shape index (κ2) is 12.3. The van der Waals surface area contributed by atoms with Crippen molar-refractivity contribution in [2.45, 2.75) is 53.6 Å². The van der Waals surface area contributed by atoms with E-state index in [0.717, 1.165) is 21.2 Å². The van der Waals surface area contributed by atoms with Crippen LogP contribution in [0.25, 0.3) is 0 Å². The molecule has 0 heterocycles. The van der Waals surface area contributed by atoms with Gasteiger partial charge in [-0.15, -0.1) is 0 Å². The molecule has 0 aromatic heterocycles. The highest BCUT2D eigenvalue weighted by Crippen LogP contribution is 2.26. The van der Waals surface area contributed by atoms with Crippen molar-refractivity contribution in [1.82, 2.24) is 10.2 Å². The summed E-state index contributed by atoms with van der Waals surface area (Å²) in [5, 5.41) is 3.51. The number of hydrogen-bond donors (Lipinski definition) is 1. The first-order chi connectivity index (χ1) is 15.1. The van der Waals surface area contributed by atoms with Crippen LogP contribution in [0.1, 0.15) is 43.9 Å². The molecular weight excluding hydrogens is 492 g/mol. The van der Waals surface area contributed by atoms with Gasteiger partial charge in [-0.05, 0) is 61.1 Å². The second-order valence-corrected chi connectivity index (χ2v) is 9.54. The Morgan fingerprint density at radius 1 is 1.16 bits per heavy atom. The fraction of sp³-hybridized carbons (Fsp3) is 0.440. The number of nitrogens with one attached hydrogen (secondary N) is 1. The minimum atomic E-state index is -0.616. The summed E-state index contributed by atoms with van der Waals surface area (Å²) in [5.74, 6) is 0.495. The van der Waals surface area contributed by atoms with Crippen molar-refractivity contribution in [2.24, 2.45) is 5.92 Å². The van der Waals surface area contributed by atoms with E-state index in [4.69, 9.17) is 16.3 Å². The van der Waals surface area contributed by atoms with E-state index in [0.29, 0.717) is 29.7 Å². The van der Waals surface area contributed by atoms with Crippen LogP contribution < -0.4 is 10.1 Å². The molecule has 0 saturated carbocycles. The summed E-state index contributed by atoms with van der Waals surface area (Å²) < 4.78 is 6.85. The van der Waals surface area contributed by atoms with Crippen molar-refractivity contribution >= 4 is 39.3 Å². The molecule has 0 aliphatic heterocycles. The van der Waals surface area contributed by atoms with Gasteiger partial charge in [0, 0.05) is 22.6 Å². The summed E-state index contributed by atoms with van der Waals surface area (Å²) in [6.45, 7) is 10.5. The first-order valence-electron chi connectivity index (χ1n) is 10.8. The maximum atomic E-state index is 13.3. The van der Waals surface area contributed by atoms with Crippen LogP contribution in [-0.2, 0) is 16.1 Å². The molecule has 2 rings (SSSR count). The van der Waals surface area contributed by atoms with Gasteiger partial charge in [-0.25, -0.2) is 0 Å². The maximum absolute atomic E-state index is 13.3. The number of amides is 2. The normalized spacial score (nSPS) is 11.9. The average Bonchev–Trinajstić information content (AvgIpc) is 2.75. The zero-order chi connectivity index (χ0) is 23.8. The summed E-state index contributed by atoms with van der Waals surface area (Å²) >= 11 is 9.89. The molecule has 0 unspecified atom stereocenters. The number of benzene rings is 2. The smallest absolute Gasteiger partial charge is 0.261 e. The maximum Gasteiger partial charge on any atom is 0.261 e. The van der Waals surface area contributed by atoms with Crippen molar-refractivity contribution in [3.05, 3.63) is 62.6 Å². The lowest BCUT2D eigenvalue weighted by molar-refractivity contribution is -0.143. The van der Waals surface area contributed by atoms with Crippen molar-refractivity contribution in [3.8, 4) is 5.75 Å². The number of halogens is 2. The van der Waals surface area contributed by atoms with Gasteiger partial charge in [0.05, 0.1) is 0 Å². The predicted octanol–water partition coefficient (Wildman–Crippen LogP) is 5.68. The molecule has 0 aliphatic carbocycles. The van der Waals surface area contributed by atoms with E-state index in [1.165, 1.54) is 0 Å². The molecule has 2 amide bonds. The van der Waals surface area contributed by atoms with Crippen LogP contribution in [0.2, 0.25) is 5.02 Å². The van der Waals surface area contributed by atoms with Crippen LogP contribution in [0.4, 0.5) is 0 Å². The lowest BCUT2D eigenvalue weighted by atomic mass is 10.1. The highest BCUT2D eigenvalue weighted by molar-refractivity contribution is 9.10. The molecule has 1 N–H and O–H groups in total. The van der Waals surface area contributed by atoms with Gasteiger partial charge in [-0.2, -0.15) is 0 Å². The van der Waals surface area contributed by atoms with E-state index in [1.807, 2.05) is 65.0 Å². The van der Waals surface area contributed by atoms with Crippen molar-refractivity contribution in [1.29, 1.82) is 0 Å². The van der Waals surface area contributed by atoms with Crippen molar-refractivity contribution in [3.63, 3.8) is 0 Å². The van der Waals surface area contributed by atoms with Crippen molar-refractivity contribution < 1.29 is 14.3 Å². The average molecular weight is 524 g/mol. The van der Waals surface area contributed by atoms with Gasteiger partial charge in [0.15, 0.2) is 6.61 Å². The Bertz CT molecular complexity index is 926. The third-order valence-corrected chi connectivity index (χ3v) is 6.76. The molecule has 0 spiro atoms. The fourth-order valence-corrected chi connectivity index (χ4v) is 3.79. The Balaban J connectivity index is 2.24. The lowest BCUT2D eigenvalue weighted by Gasteiger charge is -2.31. The molecule has 0 fully saturated rings. The number of aryl methyl sites for hydroxylation is 2. The van der Waals surface area contributed by atoms with E-state index in [-0.39, 0.29) is 25.0 Å². The second-order valence-electron chi connectivity index (χ2n) is 8.34. The molecular formula is C25H32BrClN2O3. The topological polar surface area (TPSA) is 58.6 Å². The number of nitrogens with zero attached hydrogens (tertiary/aromatic N) is 1. The SMILES string of the molecule is CC[C@@H](C(=O)NCC(C)C)N(Cc1ccccc1Cl)C(=O)COc1cc(C)c(Br)c(C)c1. The first kappa shape index (κ1) is 26.2. The van der Waals surface area contributed by atoms with Crippen LogP contribution >= 0.6 is 27.5 Å². The lowest BCUT2D eigenvalue weighted by Crippen LogP contribution is -2.50. The van der Waals surface area contributed by atoms with Gasteiger partial charge in [-0.3, -0.25) is 9.59 Å². The van der Waals surface area contributed by atoms with Gasteiger partial charge >= 0.3 is 0 Å². The summed E-state index contributed by atoms with van der Waals surface area (Å²) in [4.78, 5) is 27.8. The number of rotatable bonds is 10. The van der Waals surface area contributed by atoms with Crippen LogP contribution in [0, 0.1) is 19.8 Å². The number of hydrogen-bond acceptors (Lipinski definition) is 3. The molecule has 5 nitrogen and oxygen atoms in total. The van der Waals surface area contributed by atoms with Crippen LogP contribution in [0.5, 0.6) is 5.75 Å². The monoisotopic (exact) mass is 522 g/mol. The van der Waals surface area contributed by atoms with Crippen LogP contribution in [0.15, 0.2) is 40.9 Å². The summed E-state index contributed by atoms with van der Waals surface area (Å²) in [7, 11) is 0. The highest BCUT2D eigenvalue weighted by atomic mass is 79.9. The fourth-order valence-electron chi connectivity index (χ4n) is 3.37. The number of ether oxygens (including phenoxy) is 1. The van der Waals surface area contributed by atoms with Crippen LogP contribution in [-0.4, -0.2) is 35.9 Å². The molecule has 32 heavy (non-hydrogen) atoms. The number of carbonyl (C=O) groups is 2. The van der Waals surface area contributed by atoms with Gasteiger partial charge in [0.2, 0.25) is 5.91 Å². The molecule has 2 aromatic carbocycles. The molecule has 0 aliphatic rings. The zero-order valence-electron chi connectivity index (χ0n) is 19.4.